The molecule has 0 saturated heterocycles. The molecular weight excluding hydrogens is 176 g/mol. The number of nitrogens with two attached hydrogens (primary N) is 1. The van der Waals surface area contributed by atoms with Crippen LogP contribution in [0.3, 0.4) is 0 Å². The van der Waals surface area contributed by atoms with E-state index in [4.69, 9.17) is 5.73 Å². The molecule has 0 heterocycles. The highest BCUT2D eigenvalue weighted by molar-refractivity contribution is 5.82. The van der Waals surface area contributed by atoms with Crippen LogP contribution < -0.4 is 11.1 Å². The van der Waals surface area contributed by atoms with Gasteiger partial charge in [-0.1, -0.05) is 37.3 Å². The Balaban J connectivity index is 2.57. The first-order valence-corrected chi connectivity index (χ1v) is 4.84. The fourth-order valence-electron chi connectivity index (χ4n) is 1.17. The zero-order chi connectivity index (χ0) is 10.4. The molecule has 0 fully saturated rings. The van der Waals surface area contributed by atoms with Crippen molar-refractivity contribution >= 4 is 5.91 Å². The zero-order valence-corrected chi connectivity index (χ0v) is 8.36. The van der Waals surface area contributed by atoms with Crippen LogP contribution in [0.2, 0.25) is 0 Å². The predicted molar refractivity (Wildman–Crippen MR) is 56.7 cm³/mol. The molecule has 0 saturated carbocycles. The third-order valence-corrected chi connectivity index (χ3v) is 1.99. The van der Waals surface area contributed by atoms with Crippen molar-refractivity contribution in [2.24, 2.45) is 5.73 Å². The average Bonchev–Trinajstić information content (AvgIpc) is 2.26. The van der Waals surface area contributed by atoms with E-state index in [1.165, 1.54) is 0 Å². The third-order valence-electron chi connectivity index (χ3n) is 1.99. The molecule has 0 spiro atoms. The molecule has 1 atom stereocenters. The smallest absolute Gasteiger partial charge is 0.241 e. The second-order valence-corrected chi connectivity index (χ2v) is 3.18. The van der Waals surface area contributed by atoms with Gasteiger partial charge in [-0.2, -0.15) is 0 Å². The van der Waals surface area contributed by atoms with Crippen molar-refractivity contribution in [1.29, 1.82) is 0 Å². The van der Waals surface area contributed by atoms with E-state index in [0.29, 0.717) is 6.54 Å². The largest absolute Gasteiger partial charge is 0.354 e. The number of hydrogen-bond donors (Lipinski definition) is 2. The molecule has 1 unspecified atom stereocenters. The lowest BCUT2D eigenvalue weighted by atomic mass is 10.1. The number of carbonyl (C=O) groups is 1. The molecule has 1 aromatic rings. The fraction of sp³-hybridized carbons (Fsp3) is 0.364. The molecule has 0 aromatic heterocycles. The topological polar surface area (TPSA) is 55.1 Å². The number of benzene rings is 1. The van der Waals surface area contributed by atoms with Gasteiger partial charge >= 0.3 is 0 Å². The van der Waals surface area contributed by atoms with Crippen LogP contribution in [0.25, 0.3) is 0 Å². The summed E-state index contributed by atoms with van der Waals surface area (Å²) in [7, 11) is 0. The normalized spacial score (nSPS) is 12.1. The van der Waals surface area contributed by atoms with Gasteiger partial charge in [0.25, 0.3) is 0 Å². The minimum Gasteiger partial charge on any atom is -0.354 e. The van der Waals surface area contributed by atoms with Gasteiger partial charge in [0.2, 0.25) is 5.91 Å². The summed E-state index contributed by atoms with van der Waals surface area (Å²) in [4.78, 5) is 11.5. The van der Waals surface area contributed by atoms with Gasteiger partial charge in [0.05, 0.1) is 0 Å². The summed E-state index contributed by atoms with van der Waals surface area (Å²) in [6.45, 7) is 2.69. The quantitative estimate of drug-likeness (QED) is 0.753. The second kappa shape index (κ2) is 5.40. The molecule has 0 aliphatic heterocycles. The standard InChI is InChI=1S/C11H16N2O/c1-2-8-13-11(14)10(12)9-6-4-3-5-7-9/h3-7,10H,2,8,12H2,1H3,(H,13,14). The molecule has 1 amide bonds. The molecule has 3 N–H and O–H groups in total. The van der Waals surface area contributed by atoms with Crippen LogP contribution in [-0.2, 0) is 4.79 Å². The van der Waals surface area contributed by atoms with E-state index >= 15 is 0 Å². The maximum atomic E-state index is 11.5. The summed E-state index contributed by atoms with van der Waals surface area (Å²) in [5.74, 6) is -0.113. The SMILES string of the molecule is CCCNC(=O)C(N)c1ccccc1. The van der Waals surface area contributed by atoms with Crippen molar-refractivity contribution in [2.45, 2.75) is 19.4 Å². The van der Waals surface area contributed by atoms with E-state index in [1.54, 1.807) is 0 Å². The Kier molecular flexibility index (Phi) is 4.13. The van der Waals surface area contributed by atoms with Crippen molar-refractivity contribution in [3.05, 3.63) is 35.9 Å². The first kappa shape index (κ1) is 10.7. The fourth-order valence-corrected chi connectivity index (χ4v) is 1.17. The Bertz CT molecular complexity index is 285. The summed E-state index contributed by atoms with van der Waals surface area (Å²) < 4.78 is 0. The van der Waals surface area contributed by atoms with E-state index in [1.807, 2.05) is 37.3 Å². The molecule has 0 bridgehead atoms. The van der Waals surface area contributed by atoms with Gasteiger partial charge in [-0.3, -0.25) is 4.79 Å². The lowest BCUT2D eigenvalue weighted by Gasteiger charge is -2.11. The molecule has 0 radical (unpaired) electrons. The Hall–Kier alpha value is -1.35. The lowest BCUT2D eigenvalue weighted by Crippen LogP contribution is -2.34. The van der Waals surface area contributed by atoms with Crippen LogP contribution in [-0.4, -0.2) is 12.5 Å². The highest BCUT2D eigenvalue weighted by Gasteiger charge is 2.13. The molecule has 0 aliphatic carbocycles. The van der Waals surface area contributed by atoms with Crippen molar-refractivity contribution in [3.63, 3.8) is 0 Å². The van der Waals surface area contributed by atoms with Crippen LogP contribution in [0, 0.1) is 0 Å². The van der Waals surface area contributed by atoms with Gasteiger partial charge < -0.3 is 11.1 Å². The first-order chi connectivity index (χ1) is 6.75. The van der Waals surface area contributed by atoms with E-state index in [9.17, 15) is 4.79 Å². The van der Waals surface area contributed by atoms with Gasteiger partial charge in [0.1, 0.15) is 6.04 Å². The zero-order valence-electron chi connectivity index (χ0n) is 8.36. The predicted octanol–water partition coefficient (Wildman–Crippen LogP) is 1.21. The van der Waals surface area contributed by atoms with Gasteiger partial charge in [0, 0.05) is 6.54 Å². The molecule has 3 heteroatoms. The number of carbonyl (C=O) groups excluding carboxylic acids is 1. The summed E-state index contributed by atoms with van der Waals surface area (Å²) in [6, 6.07) is 8.82. The Morgan fingerprint density at radius 3 is 2.64 bits per heavy atom. The summed E-state index contributed by atoms with van der Waals surface area (Å²) in [5.41, 5.74) is 6.62. The number of hydrogen-bond acceptors (Lipinski definition) is 2. The minimum atomic E-state index is -0.553. The monoisotopic (exact) mass is 192 g/mol. The lowest BCUT2D eigenvalue weighted by molar-refractivity contribution is -0.122. The first-order valence-electron chi connectivity index (χ1n) is 4.84. The third kappa shape index (κ3) is 2.85. The number of nitrogens with one attached hydrogen (secondary N) is 1. The molecule has 0 aliphatic rings. The summed E-state index contributed by atoms with van der Waals surface area (Å²) in [5, 5.41) is 2.77. The maximum Gasteiger partial charge on any atom is 0.241 e. The summed E-state index contributed by atoms with van der Waals surface area (Å²) >= 11 is 0. The van der Waals surface area contributed by atoms with E-state index < -0.39 is 6.04 Å². The summed E-state index contributed by atoms with van der Waals surface area (Å²) in [6.07, 6.45) is 0.924. The van der Waals surface area contributed by atoms with Crippen LogP contribution in [0.5, 0.6) is 0 Å². The molecule has 1 rings (SSSR count). The Labute approximate surface area is 84.3 Å². The van der Waals surface area contributed by atoms with Crippen LogP contribution in [0.4, 0.5) is 0 Å². The highest BCUT2D eigenvalue weighted by atomic mass is 16.2. The van der Waals surface area contributed by atoms with E-state index in [2.05, 4.69) is 5.32 Å². The van der Waals surface area contributed by atoms with Crippen molar-refractivity contribution < 1.29 is 4.79 Å². The van der Waals surface area contributed by atoms with Gasteiger partial charge in [0.15, 0.2) is 0 Å². The van der Waals surface area contributed by atoms with Gasteiger partial charge in [-0.05, 0) is 12.0 Å². The molecular formula is C11H16N2O. The van der Waals surface area contributed by atoms with E-state index in [0.717, 1.165) is 12.0 Å². The van der Waals surface area contributed by atoms with Crippen molar-refractivity contribution in [2.75, 3.05) is 6.54 Å². The minimum absolute atomic E-state index is 0.113. The Morgan fingerprint density at radius 2 is 2.07 bits per heavy atom. The average molecular weight is 192 g/mol. The number of amides is 1. The number of rotatable bonds is 4. The van der Waals surface area contributed by atoms with Crippen molar-refractivity contribution in [1.82, 2.24) is 5.32 Å². The molecule has 1 aromatic carbocycles. The highest BCUT2D eigenvalue weighted by Crippen LogP contribution is 2.08. The van der Waals surface area contributed by atoms with Crippen molar-refractivity contribution in [3.8, 4) is 0 Å². The van der Waals surface area contributed by atoms with Crippen LogP contribution in [0.1, 0.15) is 24.9 Å². The van der Waals surface area contributed by atoms with Gasteiger partial charge in [-0.25, -0.2) is 0 Å². The molecule has 76 valence electrons. The van der Waals surface area contributed by atoms with Gasteiger partial charge in [-0.15, -0.1) is 0 Å². The Morgan fingerprint density at radius 1 is 1.43 bits per heavy atom. The van der Waals surface area contributed by atoms with E-state index in [-0.39, 0.29) is 5.91 Å². The van der Waals surface area contributed by atoms with Crippen LogP contribution >= 0.6 is 0 Å². The van der Waals surface area contributed by atoms with Crippen LogP contribution in [0.15, 0.2) is 30.3 Å². The second-order valence-electron chi connectivity index (χ2n) is 3.18. The molecule has 3 nitrogen and oxygen atoms in total. The molecule has 14 heavy (non-hydrogen) atoms. The maximum absolute atomic E-state index is 11.5.